The highest BCUT2D eigenvalue weighted by Crippen LogP contribution is 1.90. The zero-order chi connectivity index (χ0) is 9.40. The van der Waals surface area contributed by atoms with E-state index >= 15 is 0 Å². The van der Waals surface area contributed by atoms with E-state index in [1.807, 2.05) is 0 Å². The molecule has 3 heteroatoms. The molecule has 1 fully saturated rings. The molecule has 0 unspecified atom stereocenters. The first-order valence-corrected chi connectivity index (χ1v) is 4.23. The van der Waals surface area contributed by atoms with Gasteiger partial charge >= 0.3 is 0 Å². The van der Waals surface area contributed by atoms with Crippen LogP contribution in [-0.4, -0.2) is 38.0 Å². The highest BCUT2D eigenvalue weighted by Gasteiger charge is 1.93. The van der Waals surface area contributed by atoms with Gasteiger partial charge in [-0.3, -0.25) is 4.79 Å². The molecule has 1 heterocycles. The standard InChI is InChI=1S/C5H9NO.C4H9N/c1-4-5(7)6(2)3;1-2-4-5-3-1/h4H,1H2,2-3H3;5H,1-4H2. The summed E-state index contributed by atoms with van der Waals surface area (Å²) in [7, 11) is 3.37. The maximum Gasteiger partial charge on any atom is 0.245 e. The molecule has 1 aliphatic heterocycles. The Labute approximate surface area is 74.4 Å². The van der Waals surface area contributed by atoms with Crippen molar-refractivity contribution in [1.29, 1.82) is 0 Å². The molecule has 70 valence electrons. The molecule has 1 N–H and O–H groups in total. The van der Waals surface area contributed by atoms with Crippen molar-refractivity contribution in [2.45, 2.75) is 12.8 Å². The molecule has 0 aromatic carbocycles. The minimum atomic E-state index is -0.0556. The van der Waals surface area contributed by atoms with Crippen molar-refractivity contribution in [3.63, 3.8) is 0 Å². The number of hydrogen-bond acceptors (Lipinski definition) is 2. The molecule has 1 saturated heterocycles. The molecule has 0 aromatic heterocycles. The first-order valence-electron chi connectivity index (χ1n) is 4.23. The molecule has 0 saturated carbocycles. The second-order valence-electron chi connectivity index (χ2n) is 2.89. The fourth-order valence-corrected chi connectivity index (χ4v) is 0.808. The van der Waals surface area contributed by atoms with Crippen LogP contribution in [0, 0.1) is 0 Å². The number of nitrogens with one attached hydrogen (secondary N) is 1. The Hall–Kier alpha value is -0.830. The topological polar surface area (TPSA) is 32.3 Å². The van der Waals surface area contributed by atoms with Crippen LogP contribution in [-0.2, 0) is 4.79 Å². The van der Waals surface area contributed by atoms with E-state index in [-0.39, 0.29) is 5.91 Å². The summed E-state index contributed by atoms with van der Waals surface area (Å²) in [5.74, 6) is -0.0556. The molecule has 1 amide bonds. The number of rotatable bonds is 1. The van der Waals surface area contributed by atoms with Gasteiger partial charge in [0.1, 0.15) is 0 Å². The Bertz CT molecular complexity index is 132. The van der Waals surface area contributed by atoms with E-state index in [0.717, 1.165) is 0 Å². The number of carbonyl (C=O) groups is 1. The third-order valence-corrected chi connectivity index (χ3v) is 1.57. The molecule has 0 spiro atoms. The van der Waals surface area contributed by atoms with E-state index in [4.69, 9.17) is 0 Å². The van der Waals surface area contributed by atoms with Crippen LogP contribution in [0.5, 0.6) is 0 Å². The van der Waals surface area contributed by atoms with E-state index in [0.29, 0.717) is 0 Å². The fraction of sp³-hybridized carbons (Fsp3) is 0.667. The monoisotopic (exact) mass is 170 g/mol. The van der Waals surface area contributed by atoms with Gasteiger partial charge in [-0.25, -0.2) is 0 Å². The van der Waals surface area contributed by atoms with Gasteiger partial charge in [0, 0.05) is 14.1 Å². The van der Waals surface area contributed by atoms with E-state index < -0.39 is 0 Å². The molecular weight excluding hydrogens is 152 g/mol. The maximum atomic E-state index is 10.3. The van der Waals surface area contributed by atoms with Gasteiger partial charge in [-0.15, -0.1) is 0 Å². The summed E-state index contributed by atoms with van der Waals surface area (Å²) in [6.07, 6.45) is 4.06. The fourth-order valence-electron chi connectivity index (χ4n) is 0.808. The van der Waals surface area contributed by atoms with Gasteiger partial charge in [-0.1, -0.05) is 6.58 Å². The quantitative estimate of drug-likeness (QED) is 0.585. The van der Waals surface area contributed by atoms with Gasteiger partial charge in [0.2, 0.25) is 5.91 Å². The van der Waals surface area contributed by atoms with Gasteiger partial charge in [-0.2, -0.15) is 0 Å². The average molecular weight is 170 g/mol. The van der Waals surface area contributed by atoms with Crippen molar-refractivity contribution < 1.29 is 4.79 Å². The van der Waals surface area contributed by atoms with Gasteiger partial charge in [0.25, 0.3) is 0 Å². The first-order chi connectivity index (χ1) is 5.68. The van der Waals surface area contributed by atoms with Crippen LogP contribution in [0.25, 0.3) is 0 Å². The van der Waals surface area contributed by atoms with E-state index in [1.54, 1.807) is 14.1 Å². The number of likely N-dealkylation sites (N-methyl/N-ethyl adjacent to an activating group) is 1. The molecule has 0 aliphatic carbocycles. The Balaban J connectivity index is 0.000000211. The Morgan fingerprint density at radius 1 is 1.42 bits per heavy atom. The maximum absolute atomic E-state index is 10.3. The van der Waals surface area contributed by atoms with Crippen molar-refractivity contribution in [2.24, 2.45) is 0 Å². The lowest BCUT2D eigenvalue weighted by Gasteiger charge is -2.03. The van der Waals surface area contributed by atoms with Crippen molar-refractivity contribution in [3.05, 3.63) is 12.7 Å². The SMILES string of the molecule is C1CCNC1.C=CC(=O)N(C)C. The highest BCUT2D eigenvalue weighted by molar-refractivity contribution is 5.86. The molecule has 1 aliphatic rings. The molecule has 0 aromatic rings. The highest BCUT2D eigenvalue weighted by atomic mass is 16.2. The number of nitrogens with zero attached hydrogens (tertiary/aromatic N) is 1. The summed E-state index contributed by atoms with van der Waals surface area (Å²) in [5.41, 5.74) is 0. The molecule has 0 bridgehead atoms. The molecule has 1 rings (SSSR count). The average Bonchev–Trinajstić information content (AvgIpc) is 2.59. The van der Waals surface area contributed by atoms with Crippen molar-refractivity contribution in [3.8, 4) is 0 Å². The normalized spacial score (nSPS) is 14.5. The minimum Gasteiger partial charge on any atom is -0.345 e. The minimum absolute atomic E-state index is 0.0556. The Morgan fingerprint density at radius 2 is 1.92 bits per heavy atom. The van der Waals surface area contributed by atoms with Crippen LogP contribution in [0.2, 0.25) is 0 Å². The predicted molar refractivity (Wildman–Crippen MR) is 51.0 cm³/mol. The number of carbonyl (C=O) groups excluding carboxylic acids is 1. The molecule has 0 radical (unpaired) electrons. The molecule has 0 atom stereocenters. The summed E-state index contributed by atoms with van der Waals surface area (Å²) < 4.78 is 0. The van der Waals surface area contributed by atoms with Crippen LogP contribution in [0.15, 0.2) is 12.7 Å². The Kier molecular flexibility index (Phi) is 6.38. The number of amides is 1. The van der Waals surface area contributed by atoms with Crippen molar-refractivity contribution >= 4 is 5.91 Å². The van der Waals surface area contributed by atoms with E-state index in [2.05, 4.69) is 11.9 Å². The van der Waals surface area contributed by atoms with Crippen molar-refractivity contribution in [1.82, 2.24) is 10.2 Å². The van der Waals surface area contributed by atoms with E-state index in [1.165, 1.54) is 36.9 Å². The third kappa shape index (κ3) is 5.92. The zero-order valence-electron chi connectivity index (χ0n) is 7.97. The van der Waals surface area contributed by atoms with E-state index in [9.17, 15) is 4.79 Å². The van der Waals surface area contributed by atoms with Crippen LogP contribution in [0.3, 0.4) is 0 Å². The van der Waals surface area contributed by atoms with Crippen molar-refractivity contribution in [2.75, 3.05) is 27.2 Å². The summed E-state index contributed by atoms with van der Waals surface area (Å²) >= 11 is 0. The number of hydrogen-bond donors (Lipinski definition) is 1. The largest absolute Gasteiger partial charge is 0.345 e. The lowest BCUT2D eigenvalue weighted by Crippen LogP contribution is -2.18. The second-order valence-corrected chi connectivity index (χ2v) is 2.89. The zero-order valence-corrected chi connectivity index (χ0v) is 7.97. The first kappa shape index (κ1) is 11.2. The smallest absolute Gasteiger partial charge is 0.245 e. The summed E-state index contributed by atoms with van der Waals surface area (Å²) in [4.78, 5) is 11.8. The summed E-state index contributed by atoms with van der Waals surface area (Å²) in [6.45, 7) is 5.79. The van der Waals surface area contributed by atoms with Gasteiger partial charge in [0.05, 0.1) is 0 Å². The second kappa shape index (κ2) is 6.85. The Morgan fingerprint density at radius 3 is 2.00 bits per heavy atom. The lowest BCUT2D eigenvalue weighted by molar-refractivity contribution is -0.123. The summed E-state index contributed by atoms with van der Waals surface area (Å²) in [5, 5.41) is 3.22. The molecule has 3 nitrogen and oxygen atoms in total. The van der Waals surface area contributed by atoms with Crippen LogP contribution in [0.1, 0.15) is 12.8 Å². The molecule has 12 heavy (non-hydrogen) atoms. The van der Waals surface area contributed by atoms with Crippen LogP contribution < -0.4 is 5.32 Å². The van der Waals surface area contributed by atoms with Crippen LogP contribution >= 0.6 is 0 Å². The van der Waals surface area contributed by atoms with Gasteiger partial charge < -0.3 is 10.2 Å². The van der Waals surface area contributed by atoms with Gasteiger partial charge in [-0.05, 0) is 32.0 Å². The summed E-state index contributed by atoms with van der Waals surface area (Å²) in [6, 6.07) is 0. The predicted octanol–water partition coefficient (Wildman–Crippen LogP) is 0.630. The van der Waals surface area contributed by atoms with Crippen LogP contribution in [0.4, 0.5) is 0 Å². The van der Waals surface area contributed by atoms with Gasteiger partial charge in [0.15, 0.2) is 0 Å². The molecular formula is C9H18N2O. The lowest BCUT2D eigenvalue weighted by atomic mass is 10.4. The third-order valence-electron chi connectivity index (χ3n) is 1.57.